The monoisotopic (exact) mass is 424 g/mol. The molecule has 1 fully saturated rings. The van der Waals surface area contributed by atoms with E-state index >= 15 is 0 Å². The minimum Gasteiger partial charge on any atom is -0.494 e. The summed E-state index contributed by atoms with van der Waals surface area (Å²) in [4.78, 5) is 32.7. The molecule has 0 aliphatic carbocycles. The highest BCUT2D eigenvalue weighted by molar-refractivity contribution is 5.80. The number of carbonyl (C=O) groups is 2. The molecule has 1 saturated heterocycles. The van der Waals surface area contributed by atoms with Gasteiger partial charge in [0.1, 0.15) is 12.3 Å². The first-order valence-electron chi connectivity index (χ1n) is 11.1. The van der Waals surface area contributed by atoms with E-state index < -0.39 is 0 Å². The zero-order chi connectivity index (χ0) is 21.2. The van der Waals surface area contributed by atoms with Crippen molar-refractivity contribution in [3.8, 4) is 5.75 Å². The normalized spacial score (nSPS) is 22.3. The van der Waals surface area contributed by atoms with Crippen molar-refractivity contribution >= 4 is 11.8 Å². The molecule has 4 heterocycles. The second-order valence-electron chi connectivity index (χ2n) is 8.40. The molecule has 1 aromatic heterocycles. The fourth-order valence-electron chi connectivity index (χ4n) is 4.80. The topological polar surface area (TPSA) is 85.7 Å². The van der Waals surface area contributed by atoms with Gasteiger partial charge in [-0.2, -0.15) is 0 Å². The van der Waals surface area contributed by atoms with Crippen molar-refractivity contribution in [2.45, 2.75) is 38.3 Å². The highest BCUT2D eigenvalue weighted by Gasteiger charge is 2.38. The predicted molar refractivity (Wildman–Crippen MR) is 113 cm³/mol. The fourth-order valence-corrected chi connectivity index (χ4v) is 4.80. The van der Waals surface area contributed by atoms with Crippen molar-refractivity contribution < 1.29 is 19.1 Å². The minimum atomic E-state index is -0.293. The molecule has 0 radical (unpaired) electrons. The second-order valence-corrected chi connectivity index (χ2v) is 8.40. The van der Waals surface area contributed by atoms with Crippen LogP contribution in [0, 0.1) is 5.92 Å². The number of nitrogens with zero attached hydrogens (tertiary/aromatic N) is 3. The van der Waals surface area contributed by atoms with E-state index in [9.17, 15) is 9.59 Å². The molecule has 2 aromatic rings. The number of ether oxygens (including phenoxy) is 2. The molecule has 164 valence electrons. The van der Waals surface area contributed by atoms with E-state index in [1.54, 1.807) is 6.33 Å². The van der Waals surface area contributed by atoms with Crippen LogP contribution < -0.4 is 10.1 Å². The fraction of sp³-hybridized carbons (Fsp3) is 0.522. The zero-order valence-electron chi connectivity index (χ0n) is 17.6. The number of hydrogen-bond donors (Lipinski definition) is 1. The van der Waals surface area contributed by atoms with Crippen LogP contribution in [0.3, 0.4) is 0 Å². The van der Waals surface area contributed by atoms with Gasteiger partial charge in [0.15, 0.2) is 0 Å². The Hall–Kier alpha value is -2.87. The van der Waals surface area contributed by atoms with E-state index in [0.29, 0.717) is 39.3 Å². The Morgan fingerprint density at radius 3 is 2.94 bits per heavy atom. The first kappa shape index (κ1) is 20.1. The number of aromatic nitrogens is 2. The smallest absolute Gasteiger partial charge is 0.239 e. The van der Waals surface area contributed by atoms with Gasteiger partial charge < -0.3 is 24.3 Å². The molecular formula is C23H28N4O4. The summed E-state index contributed by atoms with van der Waals surface area (Å²) in [5, 5.41) is 2.95. The van der Waals surface area contributed by atoms with Crippen molar-refractivity contribution in [3.63, 3.8) is 0 Å². The lowest BCUT2D eigenvalue weighted by molar-refractivity contribution is -0.140. The Labute approximate surface area is 181 Å². The van der Waals surface area contributed by atoms with Crippen LogP contribution in [0.2, 0.25) is 0 Å². The third kappa shape index (κ3) is 4.04. The van der Waals surface area contributed by atoms with E-state index in [2.05, 4.69) is 10.3 Å². The first-order valence-corrected chi connectivity index (χ1v) is 11.1. The summed E-state index contributed by atoms with van der Waals surface area (Å²) in [7, 11) is 0. The predicted octanol–water partition coefficient (Wildman–Crippen LogP) is 1.68. The van der Waals surface area contributed by atoms with Gasteiger partial charge in [-0.05, 0) is 37.0 Å². The largest absolute Gasteiger partial charge is 0.494 e. The highest BCUT2D eigenvalue weighted by Crippen LogP contribution is 2.38. The lowest BCUT2D eigenvalue weighted by atomic mass is 9.91. The maximum Gasteiger partial charge on any atom is 0.239 e. The maximum atomic E-state index is 13.6. The number of fused-ring (bicyclic) bond motifs is 3. The standard InChI is InChI=1S/C23H28N4O4/c28-20-14-26-15-25-19-5-9-27(23(29)16-6-11-30-12-7-16)21(22(19)26)17-3-1-4-18(13-17)31-10-2-8-24-20/h1,3-4,13,15-16,21H,2,5-12,14H2,(H,24,28). The van der Waals surface area contributed by atoms with E-state index in [1.165, 1.54) is 0 Å². The third-order valence-corrected chi connectivity index (χ3v) is 6.37. The third-order valence-electron chi connectivity index (χ3n) is 6.37. The molecule has 0 saturated carbocycles. The van der Waals surface area contributed by atoms with Crippen molar-refractivity contribution in [1.29, 1.82) is 0 Å². The van der Waals surface area contributed by atoms with E-state index in [1.807, 2.05) is 33.7 Å². The van der Waals surface area contributed by atoms with Gasteiger partial charge in [0.05, 0.1) is 30.4 Å². The lowest BCUT2D eigenvalue weighted by Gasteiger charge is -2.39. The summed E-state index contributed by atoms with van der Waals surface area (Å²) < 4.78 is 13.3. The van der Waals surface area contributed by atoms with Gasteiger partial charge in [0.2, 0.25) is 11.8 Å². The number of carbonyl (C=O) groups excluding carboxylic acids is 2. The lowest BCUT2D eigenvalue weighted by Crippen LogP contribution is -2.45. The average Bonchev–Trinajstić information content (AvgIpc) is 3.21. The Morgan fingerprint density at radius 2 is 2.06 bits per heavy atom. The van der Waals surface area contributed by atoms with Crippen molar-refractivity contribution in [2.75, 3.05) is 32.9 Å². The molecule has 3 aliphatic rings. The average molecular weight is 425 g/mol. The number of nitrogens with one attached hydrogen (secondary N) is 1. The van der Waals surface area contributed by atoms with Crippen LogP contribution in [-0.2, 0) is 27.3 Å². The minimum absolute atomic E-state index is 0.0287. The summed E-state index contributed by atoms with van der Waals surface area (Å²) in [5.41, 5.74) is 2.87. The summed E-state index contributed by atoms with van der Waals surface area (Å²) in [5.74, 6) is 0.850. The molecule has 2 bridgehead atoms. The van der Waals surface area contributed by atoms with Crippen molar-refractivity contribution in [1.82, 2.24) is 19.8 Å². The zero-order valence-corrected chi connectivity index (χ0v) is 17.6. The Kier molecular flexibility index (Phi) is 5.63. The molecule has 0 spiro atoms. The molecule has 1 N–H and O–H groups in total. The van der Waals surface area contributed by atoms with Gasteiger partial charge in [-0.25, -0.2) is 4.98 Å². The van der Waals surface area contributed by atoms with Crippen LogP contribution in [0.25, 0.3) is 0 Å². The molecule has 1 atom stereocenters. The Bertz CT molecular complexity index is 966. The second kappa shape index (κ2) is 8.70. The van der Waals surface area contributed by atoms with Crippen LogP contribution in [-0.4, -0.2) is 59.2 Å². The van der Waals surface area contributed by atoms with Crippen LogP contribution >= 0.6 is 0 Å². The van der Waals surface area contributed by atoms with Gasteiger partial charge in [-0.1, -0.05) is 12.1 Å². The van der Waals surface area contributed by atoms with Crippen LogP contribution in [0.15, 0.2) is 30.6 Å². The number of imidazole rings is 1. The quantitative estimate of drug-likeness (QED) is 0.753. The number of hydrogen-bond acceptors (Lipinski definition) is 5. The van der Waals surface area contributed by atoms with E-state index in [4.69, 9.17) is 9.47 Å². The van der Waals surface area contributed by atoms with Crippen LogP contribution in [0.5, 0.6) is 5.75 Å². The van der Waals surface area contributed by atoms with Crippen molar-refractivity contribution in [2.24, 2.45) is 5.92 Å². The van der Waals surface area contributed by atoms with Gasteiger partial charge in [-0.3, -0.25) is 9.59 Å². The van der Waals surface area contributed by atoms with Crippen LogP contribution in [0.1, 0.15) is 42.3 Å². The number of rotatable bonds is 1. The number of amides is 2. The summed E-state index contributed by atoms with van der Waals surface area (Å²) in [6.45, 7) is 3.15. The van der Waals surface area contributed by atoms with Crippen LogP contribution in [0.4, 0.5) is 0 Å². The van der Waals surface area contributed by atoms with E-state index in [0.717, 1.165) is 42.0 Å². The molecule has 1 unspecified atom stereocenters. The highest BCUT2D eigenvalue weighted by atomic mass is 16.5. The molecule has 3 aliphatic heterocycles. The maximum absolute atomic E-state index is 13.6. The van der Waals surface area contributed by atoms with E-state index in [-0.39, 0.29) is 30.3 Å². The Morgan fingerprint density at radius 1 is 1.19 bits per heavy atom. The molecule has 31 heavy (non-hydrogen) atoms. The summed E-state index contributed by atoms with van der Waals surface area (Å²) >= 11 is 0. The molecule has 8 heteroatoms. The number of benzene rings is 1. The summed E-state index contributed by atoms with van der Waals surface area (Å²) in [6.07, 6.45) is 4.65. The Balaban J connectivity index is 1.58. The van der Waals surface area contributed by atoms with Gasteiger partial charge >= 0.3 is 0 Å². The first-order chi connectivity index (χ1) is 15.2. The van der Waals surface area contributed by atoms with Gasteiger partial charge in [-0.15, -0.1) is 0 Å². The summed E-state index contributed by atoms with van der Waals surface area (Å²) in [6, 6.07) is 7.68. The molecule has 1 aromatic carbocycles. The van der Waals surface area contributed by atoms with Gasteiger partial charge in [0.25, 0.3) is 0 Å². The molecular weight excluding hydrogens is 396 g/mol. The molecule has 5 rings (SSSR count). The molecule has 2 amide bonds. The SMILES string of the molecule is O=C1Cn2cnc3c2C(c2cccc(c2)OCCCN1)N(C(=O)C1CCOCC1)CC3. The van der Waals surface area contributed by atoms with Gasteiger partial charge in [0, 0.05) is 38.6 Å². The molecule has 8 nitrogen and oxygen atoms in total. The van der Waals surface area contributed by atoms with Crippen molar-refractivity contribution in [3.05, 3.63) is 47.5 Å².